The Bertz CT molecular complexity index is 1110. The lowest BCUT2D eigenvalue weighted by atomic mass is 10.0. The molecule has 0 aliphatic carbocycles. The number of aliphatic carboxylic acids is 1. The van der Waals surface area contributed by atoms with Gasteiger partial charge in [0.25, 0.3) is 5.91 Å². The van der Waals surface area contributed by atoms with Gasteiger partial charge < -0.3 is 9.52 Å². The van der Waals surface area contributed by atoms with Crippen LogP contribution in [0.2, 0.25) is 0 Å². The van der Waals surface area contributed by atoms with Crippen molar-refractivity contribution in [2.24, 2.45) is 0 Å². The van der Waals surface area contributed by atoms with E-state index in [2.05, 4.69) is 0 Å². The Morgan fingerprint density at radius 1 is 1.15 bits per heavy atom. The van der Waals surface area contributed by atoms with Crippen LogP contribution in [0.25, 0.3) is 28.2 Å². The highest BCUT2D eigenvalue weighted by Gasteiger charge is 2.33. The lowest BCUT2D eigenvalue weighted by Crippen LogP contribution is -2.33. The lowest BCUT2D eigenvalue weighted by molar-refractivity contribution is -0.140. The molecule has 0 saturated carbocycles. The van der Waals surface area contributed by atoms with Crippen LogP contribution in [0.5, 0.6) is 0 Å². The third-order valence-corrected chi connectivity index (χ3v) is 5.50. The van der Waals surface area contributed by atoms with Crippen molar-refractivity contribution < 1.29 is 19.1 Å². The largest absolute Gasteiger partial charge is 0.480 e. The number of hydrogen-bond donors (Lipinski definition) is 1. The maximum absolute atomic E-state index is 12.4. The van der Waals surface area contributed by atoms with E-state index in [0.717, 1.165) is 33.0 Å². The lowest BCUT2D eigenvalue weighted by Gasteiger charge is -2.09. The molecule has 4 rings (SSSR count). The SMILES string of the molecule is O=C(O)CN1C(=O)/C(=C\c2ccc(-c3cccc4ccccc34)o2)SC1=S. The number of thiocarbonyl (C=S) groups is 1. The van der Waals surface area contributed by atoms with Crippen LogP contribution in [0.4, 0.5) is 0 Å². The second-order valence-electron chi connectivity index (χ2n) is 5.89. The summed E-state index contributed by atoms with van der Waals surface area (Å²) in [5.41, 5.74) is 0.964. The number of amides is 1. The summed E-state index contributed by atoms with van der Waals surface area (Å²) in [5, 5.41) is 11.1. The van der Waals surface area contributed by atoms with E-state index in [9.17, 15) is 9.59 Å². The smallest absolute Gasteiger partial charge is 0.323 e. The van der Waals surface area contributed by atoms with Crippen LogP contribution in [-0.2, 0) is 9.59 Å². The van der Waals surface area contributed by atoms with Gasteiger partial charge in [0.15, 0.2) is 0 Å². The predicted molar refractivity (Wildman–Crippen MR) is 109 cm³/mol. The molecule has 1 aliphatic rings. The molecule has 5 nitrogen and oxygen atoms in total. The number of hydrogen-bond acceptors (Lipinski definition) is 5. The molecular formula is C20H13NO4S2. The number of carboxylic acids is 1. The van der Waals surface area contributed by atoms with Gasteiger partial charge in [0, 0.05) is 11.6 Å². The third-order valence-electron chi connectivity index (χ3n) is 4.12. The molecule has 2 heterocycles. The normalized spacial score (nSPS) is 15.9. The van der Waals surface area contributed by atoms with E-state index in [1.165, 1.54) is 0 Å². The summed E-state index contributed by atoms with van der Waals surface area (Å²) < 4.78 is 6.15. The van der Waals surface area contributed by atoms with Crippen molar-refractivity contribution in [2.45, 2.75) is 0 Å². The van der Waals surface area contributed by atoms with Crippen molar-refractivity contribution in [1.29, 1.82) is 0 Å². The third kappa shape index (κ3) is 3.39. The predicted octanol–water partition coefficient (Wildman–Crippen LogP) is 4.39. The Morgan fingerprint density at radius 2 is 1.93 bits per heavy atom. The average Bonchev–Trinajstić information content (AvgIpc) is 3.21. The van der Waals surface area contributed by atoms with Gasteiger partial charge in [0.1, 0.15) is 22.4 Å². The first-order valence-electron chi connectivity index (χ1n) is 8.08. The molecule has 0 atom stereocenters. The zero-order chi connectivity index (χ0) is 19.0. The Morgan fingerprint density at radius 3 is 2.74 bits per heavy atom. The fraction of sp³-hybridized carbons (Fsp3) is 0.0500. The zero-order valence-electron chi connectivity index (χ0n) is 13.9. The van der Waals surface area contributed by atoms with Crippen molar-refractivity contribution in [2.75, 3.05) is 6.54 Å². The van der Waals surface area contributed by atoms with Crippen molar-refractivity contribution in [3.63, 3.8) is 0 Å². The number of rotatable bonds is 4. The number of benzene rings is 2. The molecule has 2 aromatic carbocycles. The van der Waals surface area contributed by atoms with Gasteiger partial charge in [-0.05, 0) is 22.9 Å². The molecule has 7 heteroatoms. The van der Waals surface area contributed by atoms with Gasteiger partial charge >= 0.3 is 5.97 Å². The van der Waals surface area contributed by atoms with Gasteiger partial charge in [0.2, 0.25) is 0 Å². The minimum Gasteiger partial charge on any atom is -0.480 e. The Kier molecular flexibility index (Phi) is 4.55. The monoisotopic (exact) mass is 395 g/mol. The highest BCUT2D eigenvalue weighted by Crippen LogP contribution is 2.34. The van der Waals surface area contributed by atoms with Gasteiger partial charge in [-0.3, -0.25) is 14.5 Å². The van der Waals surface area contributed by atoms with Crippen LogP contribution in [0.1, 0.15) is 5.76 Å². The molecule has 1 aromatic heterocycles. The van der Waals surface area contributed by atoms with E-state index >= 15 is 0 Å². The van der Waals surface area contributed by atoms with Crippen LogP contribution in [0.15, 0.2) is 63.9 Å². The van der Waals surface area contributed by atoms with E-state index in [1.807, 2.05) is 48.5 Å². The van der Waals surface area contributed by atoms with Crippen molar-refractivity contribution >= 4 is 57.0 Å². The second kappa shape index (κ2) is 7.02. The van der Waals surface area contributed by atoms with E-state index < -0.39 is 18.4 Å². The molecule has 1 amide bonds. The van der Waals surface area contributed by atoms with E-state index in [1.54, 1.807) is 12.1 Å². The Balaban J connectivity index is 1.65. The quantitative estimate of drug-likeness (QED) is 0.522. The highest BCUT2D eigenvalue weighted by molar-refractivity contribution is 8.26. The number of carbonyl (C=O) groups is 2. The van der Waals surface area contributed by atoms with Gasteiger partial charge in [-0.1, -0.05) is 66.4 Å². The summed E-state index contributed by atoms with van der Waals surface area (Å²) >= 11 is 6.17. The number of carboxylic acid groups (broad SMARTS) is 1. The first kappa shape index (κ1) is 17.5. The summed E-state index contributed by atoms with van der Waals surface area (Å²) in [6.45, 7) is -0.443. The highest BCUT2D eigenvalue weighted by atomic mass is 32.2. The molecule has 134 valence electrons. The molecule has 1 fully saturated rings. The van der Waals surface area contributed by atoms with E-state index in [0.29, 0.717) is 16.4 Å². The standard InChI is InChI=1S/C20H13NO4S2/c22-18(23)11-21-19(24)17(27-20(21)26)10-13-8-9-16(25-13)15-7-3-5-12-4-1-2-6-14(12)15/h1-10H,11H2,(H,22,23)/b17-10+. The topological polar surface area (TPSA) is 70.8 Å². The van der Waals surface area contributed by atoms with E-state index in [4.69, 9.17) is 21.7 Å². The van der Waals surface area contributed by atoms with Crippen LogP contribution >= 0.6 is 24.0 Å². The molecule has 27 heavy (non-hydrogen) atoms. The van der Waals surface area contributed by atoms with Gasteiger partial charge in [-0.2, -0.15) is 0 Å². The number of fused-ring (bicyclic) bond motifs is 1. The Labute approximate surface area is 164 Å². The fourth-order valence-electron chi connectivity index (χ4n) is 2.92. The van der Waals surface area contributed by atoms with Crippen molar-refractivity contribution in [3.8, 4) is 11.3 Å². The molecule has 1 saturated heterocycles. The number of furan rings is 1. The van der Waals surface area contributed by atoms with Crippen molar-refractivity contribution in [1.82, 2.24) is 4.90 Å². The number of carbonyl (C=O) groups excluding carboxylic acids is 1. The zero-order valence-corrected chi connectivity index (χ0v) is 15.5. The summed E-state index contributed by atoms with van der Waals surface area (Å²) in [5.74, 6) is -0.327. The van der Waals surface area contributed by atoms with Gasteiger partial charge in [-0.15, -0.1) is 0 Å². The molecule has 1 N–H and O–H groups in total. The van der Waals surface area contributed by atoms with Gasteiger partial charge in [-0.25, -0.2) is 0 Å². The number of nitrogens with zero attached hydrogens (tertiary/aromatic N) is 1. The van der Waals surface area contributed by atoms with E-state index in [-0.39, 0.29) is 4.32 Å². The molecule has 0 spiro atoms. The van der Waals surface area contributed by atoms with Gasteiger partial charge in [0.05, 0.1) is 4.91 Å². The first-order valence-corrected chi connectivity index (χ1v) is 9.30. The maximum atomic E-state index is 12.4. The molecule has 0 radical (unpaired) electrons. The van der Waals surface area contributed by atoms with Crippen LogP contribution in [0.3, 0.4) is 0 Å². The molecule has 0 bridgehead atoms. The summed E-state index contributed by atoms with van der Waals surface area (Å²) in [6.07, 6.45) is 1.59. The van der Waals surface area contributed by atoms with Crippen LogP contribution in [0, 0.1) is 0 Å². The summed E-state index contributed by atoms with van der Waals surface area (Å²) in [7, 11) is 0. The van der Waals surface area contributed by atoms with Crippen LogP contribution in [-0.4, -0.2) is 32.7 Å². The van der Waals surface area contributed by atoms with Crippen molar-refractivity contribution in [3.05, 3.63) is 65.3 Å². The summed E-state index contributed by atoms with van der Waals surface area (Å²) in [6, 6.07) is 17.7. The molecule has 0 unspecified atom stereocenters. The fourth-order valence-corrected chi connectivity index (χ4v) is 4.15. The number of thioether (sulfide) groups is 1. The average molecular weight is 395 g/mol. The maximum Gasteiger partial charge on any atom is 0.323 e. The minimum atomic E-state index is -1.11. The molecule has 1 aliphatic heterocycles. The Hall–Kier alpha value is -2.90. The molecule has 3 aromatic rings. The second-order valence-corrected chi connectivity index (χ2v) is 7.57. The summed E-state index contributed by atoms with van der Waals surface area (Å²) in [4.78, 5) is 24.6. The molecular weight excluding hydrogens is 382 g/mol. The van der Waals surface area contributed by atoms with Crippen LogP contribution < -0.4 is 0 Å². The first-order chi connectivity index (χ1) is 13.0. The minimum absolute atomic E-state index is 0.231.